The molecule has 0 fully saturated rings. The van der Waals surface area contributed by atoms with Gasteiger partial charge in [-0.2, -0.15) is 0 Å². The molecule has 5 heteroatoms. The monoisotopic (exact) mass is 340 g/mol. The molecule has 0 bridgehead atoms. The summed E-state index contributed by atoms with van der Waals surface area (Å²) < 4.78 is 5.36. The quantitative estimate of drug-likeness (QED) is 0.518. The van der Waals surface area contributed by atoms with Crippen molar-refractivity contribution in [3.05, 3.63) is 47.2 Å². The molecule has 0 atom stereocenters. The molecule has 0 radical (unpaired) electrons. The number of aromatic amines is 2. The maximum atomic E-state index is 5.36. The van der Waals surface area contributed by atoms with Crippen LogP contribution in [-0.4, -0.2) is 28.6 Å². The Morgan fingerprint density at radius 3 is 2.88 bits per heavy atom. The third-order valence-corrected chi connectivity index (χ3v) is 4.64. The van der Waals surface area contributed by atoms with Crippen molar-refractivity contribution < 1.29 is 4.74 Å². The maximum absolute atomic E-state index is 5.36. The number of benzene rings is 1. The number of nitrogens with zero attached hydrogens (tertiary/aromatic N) is 1. The van der Waals surface area contributed by atoms with Crippen LogP contribution >= 0.6 is 0 Å². The second-order valence-electron chi connectivity index (χ2n) is 6.53. The summed E-state index contributed by atoms with van der Waals surface area (Å²) in [5.74, 6) is 2.00. The number of nitrogens with one attached hydrogen (secondary N) is 3. The molecule has 3 aromatic rings. The number of hydrogen-bond donors (Lipinski definition) is 3. The number of rotatable bonds is 9. The number of aromatic nitrogens is 3. The molecule has 25 heavy (non-hydrogen) atoms. The molecule has 1 aromatic carbocycles. The highest BCUT2D eigenvalue weighted by Crippen LogP contribution is 2.26. The lowest BCUT2D eigenvalue weighted by atomic mass is 10.1. The molecule has 0 aliphatic carbocycles. The largest absolute Gasteiger partial charge is 0.497 e. The van der Waals surface area contributed by atoms with Crippen LogP contribution in [0.25, 0.3) is 10.9 Å². The Labute approximate surface area is 149 Å². The van der Waals surface area contributed by atoms with Gasteiger partial charge in [0.25, 0.3) is 0 Å². The molecular weight excluding hydrogens is 312 g/mol. The lowest BCUT2D eigenvalue weighted by Crippen LogP contribution is -2.17. The average molecular weight is 340 g/mol. The van der Waals surface area contributed by atoms with E-state index in [1.165, 1.54) is 35.0 Å². The highest BCUT2D eigenvalue weighted by atomic mass is 16.5. The predicted octanol–water partition coefficient (Wildman–Crippen LogP) is 3.88. The zero-order valence-electron chi connectivity index (χ0n) is 15.4. The van der Waals surface area contributed by atoms with Crippen molar-refractivity contribution in [3.63, 3.8) is 0 Å². The van der Waals surface area contributed by atoms with Gasteiger partial charge in [0.15, 0.2) is 0 Å². The first-order chi connectivity index (χ1) is 12.2. The Morgan fingerprint density at radius 2 is 2.08 bits per heavy atom. The van der Waals surface area contributed by atoms with E-state index in [9.17, 15) is 0 Å². The smallest absolute Gasteiger partial charge is 0.119 e. The second kappa shape index (κ2) is 8.21. The van der Waals surface area contributed by atoms with Crippen LogP contribution < -0.4 is 10.1 Å². The SMILES string of the molecule is CCCCc1ncc(CNCCc2c(C)[nH]c3ccc(OC)cc23)[nH]1. The first kappa shape index (κ1) is 17.5. The van der Waals surface area contributed by atoms with Gasteiger partial charge in [-0.05, 0) is 50.1 Å². The number of fused-ring (bicyclic) bond motifs is 1. The molecule has 0 saturated carbocycles. The minimum absolute atomic E-state index is 0.823. The highest BCUT2D eigenvalue weighted by Gasteiger charge is 2.09. The normalized spacial score (nSPS) is 11.3. The summed E-state index contributed by atoms with van der Waals surface area (Å²) in [4.78, 5) is 11.3. The first-order valence-electron chi connectivity index (χ1n) is 9.10. The van der Waals surface area contributed by atoms with E-state index >= 15 is 0 Å². The van der Waals surface area contributed by atoms with Crippen LogP contribution in [0.1, 0.15) is 42.5 Å². The van der Waals surface area contributed by atoms with Gasteiger partial charge in [0.2, 0.25) is 0 Å². The minimum Gasteiger partial charge on any atom is -0.497 e. The zero-order chi connectivity index (χ0) is 17.6. The molecule has 5 nitrogen and oxygen atoms in total. The third-order valence-electron chi connectivity index (χ3n) is 4.64. The second-order valence-corrected chi connectivity index (χ2v) is 6.53. The van der Waals surface area contributed by atoms with E-state index in [0.29, 0.717) is 0 Å². The Balaban J connectivity index is 1.56. The van der Waals surface area contributed by atoms with Gasteiger partial charge in [0.1, 0.15) is 11.6 Å². The summed E-state index contributed by atoms with van der Waals surface area (Å²) in [6.07, 6.45) is 6.34. The van der Waals surface area contributed by atoms with Crippen molar-refractivity contribution in [1.29, 1.82) is 0 Å². The van der Waals surface area contributed by atoms with E-state index in [1.54, 1.807) is 7.11 Å². The Hall–Kier alpha value is -2.27. The fourth-order valence-electron chi connectivity index (χ4n) is 3.21. The van der Waals surface area contributed by atoms with Gasteiger partial charge in [-0.15, -0.1) is 0 Å². The molecular formula is C20H28N4O. The topological polar surface area (TPSA) is 65.7 Å². The summed E-state index contributed by atoms with van der Waals surface area (Å²) in [6.45, 7) is 6.09. The van der Waals surface area contributed by atoms with Crippen LogP contribution in [0.3, 0.4) is 0 Å². The fourth-order valence-corrected chi connectivity index (χ4v) is 3.21. The van der Waals surface area contributed by atoms with Crippen molar-refractivity contribution in [2.75, 3.05) is 13.7 Å². The molecule has 0 unspecified atom stereocenters. The van der Waals surface area contributed by atoms with Crippen molar-refractivity contribution in [1.82, 2.24) is 20.3 Å². The number of ether oxygens (including phenoxy) is 1. The lowest BCUT2D eigenvalue weighted by molar-refractivity contribution is 0.415. The van der Waals surface area contributed by atoms with Crippen LogP contribution in [0, 0.1) is 6.92 Å². The molecule has 0 amide bonds. The molecule has 0 spiro atoms. The summed E-state index contributed by atoms with van der Waals surface area (Å²) in [7, 11) is 1.71. The van der Waals surface area contributed by atoms with Crippen molar-refractivity contribution in [2.24, 2.45) is 0 Å². The summed E-state index contributed by atoms with van der Waals surface area (Å²) >= 11 is 0. The van der Waals surface area contributed by atoms with Crippen LogP contribution in [0.2, 0.25) is 0 Å². The van der Waals surface area contributed by atoms with E-state index in [1.807, 2.05) is 12.3 Å². The third kappa shape index (κ3) is 4.23. The zero-order valence-corrected chi connectivity index (χ0v) is 15.4. The van der Waals surface area contributed by atoms with Gasteiger partial charge in [-0.1, -0.05) is 13.3 Å². The number of aryl methyl sites for hydroxylation is 2. The van der Waals surface area contributed by atoms with Gasteiger partial charge in [0, 0.05) is 41.5 Å². The van der Waals surface area contributed by atoms with Gasteiger partial charge in [-0.3, -0.25) is 0 Å². The molecule has 134 valence electrons. The Morgan fingerprint density at radius 1 is 1.20 bits per heavy atom. The standard InChI is InChI=1S/C20H28N4O/c1-4-5-6-20-22-13-15(24-20)12-21-10-9-17-14(2)23-19-8-7-16(25-3)11-18(17)19/h7-8,11,13,21,23H,4-6,9-10,12H2,1-3H3,(H,22,24). The predicted molar refractivity (Wildman–Crippen MR) is 102 cm³/mol. The molecule has 2 aromatic heterocycles. The van der Waals surface area contributed by atoms with Gasteiger partial charge < -0.3 is 20.0 Å². The highest BCUT2D eigenvalue weighted by molar-refractivity contribution is 5.86. The van der Waals surface area contributed by atoms with Gasteiger partial charge in [-0.25, -0.2) is 4.98 Å². The van der Waals surface area contributed by atoms with E-state index in [-0.39, 0.29) is 0 Å². The molecule has 0 aliphatic heterocycles. The average Bonchev–Trinajstić information content (AvgIpc) is 3.20. The van der Waals surface area contributed by atoms with Crippen LogP contribution in [0.15, 0.2) is 24.4 Å². The minimum atomic E-state index is 0.823. The summed E-state index contributed by atoms with van der Waals surface area (Å²) in [5, 5.41) is 4.77. The van der Waals surface area contributed by atoms with Crippen LogP contribution in [0.4, 0.5) is 0 Å². The van der Waals surface area contributed by atoms with E-state index in [4.69, 9.17) is 4.74 Å². The fraction of sp³-hybridized carbons (Fsp3) is 0.450. The number of hydrogen-bond acceptors (Lipinski definition) is 3. The van der Waals surface area contributed by atoms with Crippen LogP contribution in [-0.2, 0) is 19.4 Å². The first-order valence-corrected chi connectivity index (χ1v) is 9.10. The molecule has 0 saturated heterocycles. The van der Waals surface area contributed by atoms with Gasteiger partial charge in [0.05, 0.1) is 7.11 Å². The van der Waals surface area contributed by atoms with E-state index in [0.717, 1.165) is 43.2 Å². The van der Waals surface area contributed by atoms with Crippen molar-refractivity contribution >= 4 is 10.9 Å². The molecule has 3 N–H and O–H groups in total. The maximum Gasteiger partial charge on any atom is 0.119 e. The van der Waals surface area contributed by atoms with E-state index < -0.39 is 0 Å². The summed E-state index contributed by atoms with van der Waals surface area (Å²) in [5.41, 5.74) is 4.91. The molecule has 2 heterocycles. The number of methoxy groups -OCH3 is 1. The number of H-pyrrole nitrogens is 2. The Kier molecular flexibility index (Phi) is 5.76. The van der Waals surface area contributed by atoms with E-state index in [2.05, 4.69) is 46.2 Å². The van der Waals surface area contributed by atoms with Gasteiger partial charge >= 0.3 is 0 Å². The molecule has 0 aliphatic rings. The lowest BCUT2D eigenvalue weighted by Gasteiger charge is -2.05. The molecule has 3 rings (SSSR count). The van der Waals surface area contributed by atoms with Crippen molar-refractivity contribution in [2.45, 2.75) is 46.1 Å². The number of imidazole rings is 1. The van der Waals surface area contributed by atoms with Crippen molar-refractivity contribution in [3.8, 4) is 5.75 Å². The Bertz CT molecular complexity index is 818. The van der Waals surface area contributed by atoms with Crippen LogP contribution in [0.5, 0.6) is 5.75 Å². The number of unbranched alkanes of at least 4 members (excludes halogenated alkanes) is 1. The summed E-state index contributed by atoms with van der Waals surface area (Å²) in [6, 6.07) is 6.19.